The Labute approximate surface area is 162 Å². The molecular formula is C21H20N2O3S. The van der Waals surface area contributed by atoms with Crippen molar-refractivity contribution in [1.29, 1.82) is 0 Å². The Bertz CT molecular complexity index is 937. The number of carbonyl (C=O) groups is 2. The molecule has 0 bridgehead atoms. The van der Waals surface area contributed by atoms with Crippen LogP contribution in [0.4, 0.5) is 5.69 Å². The summed E-state index contributed by atoms with van der Waals surface area (Å²) >= 11 is 1.48. The SMILES string of the molecule is Cc1cccc(-c2nc(CC(=O)O[C@@H](C)C(=O)Nc3ccccc3)cs2)c1. The number of nitrogens with one attached hydrogen (secondary N) is 1. The van der Waals surface area contributed by atoms with E-state index < -0.39 is 12.1 Å². The first kappa shape index (κ1) is 18.8. The lowest BCUT2D eigenvalue weighted by Gasteiger charge is -2.13. The quantitative estimate of drug-likeness (QED) is 0.650. The van der Waals surface area contributed by atoms with Crippen molar-refractivity contribution in [3.63, 3.8) is 0 Å². The minimum absolute atomic E-state index is 0.0330. The highest BCUT2D eigenvalue weighted by Gasteiger charge is 2.19. The average Bonchev–Trinajstić information content (AvgIpc) is 3.11. The average molecular weight is 380 g/mol. The molecule has 138 valence electrons. The Morgan fingerprint density at radius 2 is 1.93 bits per heavy atom. The Hall–Kier alpha value is -2.99. The van der Waals surface area contributed by atoms with E-state index in [-0.39, 0.29) is 12.3 Å². The molecule has 0 saturated heterocycles. The van der Waals surface area contributed by atoms with Gasteiger partial charge in [0.05, 0.1) is 12.1 Å². The summed E-state index contributed by atoms with van der Waals surface area (Å²) in [5.41, 5.74) is 3.47. The molecule has 0 fully saturated rings. The van der Waals surface area contributed by atoms with E-state index in [0.717, 1.165) is 16.1 Å². The number of hydrogen-bond donors (Lipinski definition) is 1. The normalized spacial score (nSPS) is 11.6. The predicted octanol–water partition coefficient (Wildman–Crippen LogP) is 4.23. The lowest BCUT2D eigenvalue weighted by atomic mass is 10.1. The molecule has 1 amide bonds. The van der Waals surface area contributed by atoms with Gasteiger partial charge in [-0.15, -0.1) is 11.3 Å². The predicted molar refractivity (Wildman–Crippen MR) is 107 cm³/mol. The fourth-order valence-electron chi connectivity index (χ4n) is 2.50. The maximum Gasteiger partial charge on any atom is 0.312 e. The Kier molecular flexibility index (Phi) is 5.98. The van der Waals surface area contributed by atoms with Crippen LogP contribution in [-0.4, -0.2) is 23.0 Å². The van der Waals surface area contributed by atoms with Crippen molar-refractivity contribution in [2.24, 2.45) is 0 Å². The van der Waals surface area contributed by atoms with E-state index in [1.165, 1.54) is 11.3 Å². The van der Waals surface area contributed by atoms with Crippen molar-refractivity contribution >= 4 is 28.9 Å². The standard InChI is InChI=1S/C21H20N2O3S/c1-14-7-6-8-16(11-14)21-23-18(13-27-21)12-19(24)26-15(2)20(25)22-17-9-4-3-5-10-17/h3-11,13,15H,12H2,1-2H3,(H,22,25)/t15-/m0/s1. The fourth-order valence-corrected chi connectivity index (χ4v) is 3.32. The molecule has 1 N–H and O–H groups in total. The minimum atomic E-state index is -0.882. The molecule has 1 atom stereocenters. The molecule has 5 nitrogen and oxygen atoms in total. The number of aryl methyl sites for hydroxylation is 1. The third-order valence-electron chi connectivity index (χ3n) is 3.86. The Morgan fingerprint density at radius 1 is 1.15 bits per heavy atom. The molecule has 3 aromatic rings. The second-order valence-corrected chi connectivity index (χ2v) is 7.04. The van der Waals surface area contributed by atoms with E-state index in [1.807, 2.05) is 48.7 Å². The van der Waals surface area contributed by atoms with Crippen molar-refractivity contribution in [3.8, 4) is 10.6 Å². The van der Waals surface area contributed by atoms with E-state index in [2.05, 4.69) is 16.4 Å². The van der Waals surface area contributed by atoms with E-state index >= 15 is 0 Å². The molecule has 0 radical (unpaired) electrons. The van der Waals surface area contributed by atoms with Crippen LogP contribution in [0.3, 0.4) is 0 Å². The number of benzene rings is 2. The summed E-state index contributed by atoms with van der Waals surface area (Å²) in [4.78, 5) is 28.8. The van der Waals surface area contributed by atoms with Gasteiger partial charge in [-0.3, -0.25) is 9.59 Å². The summed E-state index contributed by atoms with van der Waals surface area (Å²) in [5.74, 6) is -0.847. The van der Waals surface area contributed by atoms with E-state index in [4.69, 9.17) is 4.74 Å². The summed E-state index contributed by atoms with van der Waals surface area (Å²) in [6.07, 6.45) is -0.849. The molecule has 0 aliphatic rings. The third-order valence-corrected chi connectivity index (χ3v) is 4.80. The lowest BCUT2D eigenvalue weighted by Crippen LogP contribution is -2.30. The summed E-state index contributed by atoms with van der Waals surface area (Å²) < 4.78 is 5.24. The zero-order valence-corrected chi connectivity index (χ0v) is 16.0. The molecule has 27 heavy (non-hydrogen) atoms. The Balaban J connectivity index is 1.55. The number of anilines is 1. The number of nitrogens with zero attached hydrogens (tertiary/aromatic N) is 1. The van der Waals surface area contributed by atoms with Gasteiger partial charge in [0.15, 0.2) is 6.10 Å². The number of carbonyl (C=O) groups excluding carboxylic acids is 2. The molecule has 6 heteroatoms. The van der Waals surface area contributed by atoms with Crippen LogP contribution in [0.5, 0.6) is 0 Å². The van der Waals surface area contributed by atoms with Crippen LogP contribution in [-0.2, 0) is 20.7 Å². The molecule has 1 heterocycles. The van der Waals surface area contributed by atoms with Crippen molar-refractivity contribution in [2.75, 3.05) is 5.32 Å². The van der Waals surface area contributed by atoms with Gasteiger partial charge in [-0.05, 0) is 32.0 Å². The van der Waals surface area contributed by atoms with Gasteiger partial charge in [-0.25, -0.2) is 4.98 Å². The monoisotopic (exact) mass is 380 g/mol. The number of amides is 1. The highest BCUT2D eigenvalue weighted by Crippen LogP contribution is 2.24. The van der Waals surface area contributed by atoms with Crippen molar-refractivity contribution < 1.29 is 14.3 Å². The van der Waals surface area contributed by atoms with Crippen LogP contribution in [0.25, 0.3) is 10.6 Å². The van der Waals surface area contributed by atoms with Gasteiger partial charge in [-0.2, -0.15) is 0 Å². The molecule has 0 spiro atoms. The highest BCUT2D eigenvalue weighted by molar-refractivity contribution is 7.13. The number of aromatic nitrogens is 1. The van der Waals surface area contributed by atoms with Gasteiger partial charge in [0.25, 0.3) is 5.91 Å². The largest absolute Gasteiger partial charge is 0.452 e. The number of hydrogen-bond acceptors (Lipinski definition) is 5. The van der Waals surface area contributed by atoms with Crippen LogP contribution in [0.15, 0.2) is 60.0 Å². The molecule has 2 aromatic carbocycles. The number of para-hydroxylation sites is 1. The second kappa shape index (κ2) is 8.60. The molecular weight excluding hydrogens is 360 g/mol. The van der Waals surface area contributed by atoms with Crippen LogP contribution in [0.2, 0.25) is 0 Å². The number of thiazole rings is 1. The van der Waals surface area contributed by atoms with Gasteiger partial charge in [0.1, 0.15) is 5.01 Å². The van der Waals surface area contributed by atoms with Crippen molar-refractivity contribution in [1.82, 2.24) is 4.98 Å². The van der Waals surface area contributed by atoms with Crippen LogP contribution in [0.1, 0.15) is 18.2 Å². The van der Waals surface area contributed by atoms with Crippen LogP contribution in [0, 0.1) is 6.92 Å². The van der Waals surface area contributed by atoms with Crippen LogP contribution >= 0.6 is 11.3 Å². The number of esters is 1. The summed E-state index contributed by atoms with van der Waals surface area (Å²) in [7, 11) is 0. The molecule has 0 aliphatic carbocycles. The maximum atomic E-state index is 12.1. The molecule has 3 rings (SSSR count). The van der Waals surface area contributed by atoms with Crippen molar-refractivity contribution in [3.05, 3.63) is 71.2 Å². The molecule has 0 unspecified atom stereocenters. The minimum Gasteiger partial charge on any atom is -0.452 e. The van der Waals surface area contributed by atoms with E-state index in [0.29, 0.717) is 11.4 Å². The van der Waals surface area contributed by atoms with Gasteiger partial charge in [0.2, 0.25) is 0 Å². The summed E-state index contributed by atoms with van der Waals surface area (Å²) in [6, 6.07) is 17.1. The van der Waals surface area contributed by atoms with Gasteiger partial charge >= 0.3 is 5.97 Å². The van der Waals surface area contributed by atoms with Gasteiger partial charge in [0, 0.05) is 16.6 Å². The van der Waals surface area contributed by atoms with E-state index in [1.54, 1.807) is 19.1 Å². The smallest absolute Gasteiger partial charge is 0.312 e. The third kappa shape index (κ3) is 5.24. The zero-order valence-electron chi connectivity index (χ0n) is 15.1. The van der Waals surface area contributed by atoms with Gasteiger partial charge in [-0.1, -0.05) is 42.0 Å². The maximum absolute atomic E-state index is 12.1. The van der Waals surface area contributed by atoms with Gasteiger partial charge < -0.3 is 10.1 Å². The Morgan fingerprint density at radius 3 is 2.67 bits per heavy atom. The lowest BCUT2D eigenvalue weighted by molar-refractivity contribution is -0.152. The first-order valence-electron chi connectivity index (χ1n) is 8.58. The first-order valence-corrected chi connectivity index (χ1v) is 9.46. The molecule has 0 saturated carbocycles. The first-order chi connectivity index (χ1) is 13.0. The van der Waals surface area contributed by atoms with E-state index in [9.17, 15) is 9.59 Å². The van der Waals surface area contributed by atoms with Crippen molar-refractivity contribution in [2.45, 2.75) is 26.4 Å². The molecule has 1 aromatic heterocycles. The van der Waals surface area contributed by atoms with Crippen LogP contribution < -0.4 is 5.32 Å². The highest BCUT2D eigenvalue weighted by atomic mass is 32.1. The second-order valence-electron chi connectivity index (χ2n) is 6.18. The number of ether oxygens (including phenoxy) is 1. The summed E-state index contributed by atoms with van der Waals surface area (Å²) in [5, 5.41) is 5.41. The summed E-state index contributed by atoms with van der Waals surface area (Å²) in [6.45, 7) is 3.58. The topological polar surface area (TPSA) is 68.3 Å². The number of rotatable bonds is 6. The fraction of sp³-hybridized carbons (Fsp3) is 0.190. The zero-order chi connectivity index (χ0) is 19.2. The molecule has 0 aliphatic heterocycles.